The topological polar surface area (TPSA) is 69.6 Å². The second kappa shape index (κ2) is 6.46. The number of piperidine rings is 1. The summed E-state index contributed by atoms with van der Waals surface area (Å²) in [6.45, 7) is 2.83. The second-order valence-corrected chi connectivity index (χ2v) is 7.71. The van der Waals surface area contributed by atoms with Crippen molar-refractivity contribution in [3.8, 4) is 0 Å². The van der Waals surface area contributed by atoms with E-state index < -0.39 is 11.5 Å². The zero-order valence-electron chi connectivity index (χ0n) is 13.0. The van der Waals surface area contributed by atoms with Crippen LogP contribution >= 0.6 is 11.8 Å². The third-order valence-corrected chi connectivity index (χ3v) is 6.53. The van der Waals surface area contributed by atoms with E-state index in [1.54, 1.807) is 6.92 Å². The quantitative estimate of drug-likeness (QED) is 0.837. The van der Waals surface area contributed by atoms with Gasteiger partial charge < -0.3 is 15.3 Å². The summed E-state index contributed by atoms with van der Waals surface area (Å²) >= 11 is 1.83. The van der Waals surface area contributed by atoms with Crippen molar-refractivity contribution in [2.75, 3.05) is 19.3 Å². The summed E-state index contributed by atoms with van der Waals surface area (Å²) in [6, 6.07) is -0.222. The maximum Gasteiger partial charge on any atom is 0.329 e. The molecule has 2 N–H and O–H groups in total. The molecule has 2 fully saturated rings. The van der Waals surface area contributed by atoms with Gasteiger partial charge in [0.2, 0.25) is 0 Å². The van der Waals surface area contributed by atoms with Gasteiger partial charge in [-0.3, -0.25) is 0 Å². The Hall–Kier alpha value is -0.910. The van der Waals surface area contributed by atoms with Gasteiger partial charge in [-0.15, -0.1) is 0 Å². The van der Waals surface area contributed by atoms with E-state index in [-0.39, 0.29) is 10.8 Å². The van der Waals surface area contributed by atoms with E-state index in [1.165, 1.54) is 17.7 Å². The monoisotopic (exact) mass is 314 g/mol. The summed E-state index contributed by atoms with van der Waals surface area (Å²) in [5, 5.41) is 12.5. The van der Waals surface area contributed by atoms with Crippen LogP contribution in [0.25, 0.3) is 0 Å². The first-order valence-corrected chi connectivity index (χ1v) is 9.00. The standard InChI is InChI=1S/C15H26N2O3S/c1-14(12(18)19)7-5-6-10-17(14)13(20)16-11-15(21-2)8-3-4-9-15/h3-11H2,1-2H3,(H,16,20)(H,18,19). The molecule has 21 heavy (non-hydrogen) atoms. The van der Waals surface area contributed by atoms with Crippen molar-refractivity contribution < 1.29 is 14.7 Å². The minimum Gasteiger partial charge on any atom is -0.480 e. The van der Waals surface area contributed by atoms with Gasteiger partial charge in [0.25, 0.3) is 0 Å². The lowest BCUT2D eigenvalue weighted by Gasteiger charge is -2.42. The molecule has 0 spiro atoms. The molecule has 0 radical (unpaired) electrons. The van der Waals surface area contributed by atoms with Gasteiger partial charge >= 0.3 is 12.0 Å². The number of carboxylic acids is 1. The molecule has 1 saturated heterocycles. The van der Waals surface area contributed by atoms with E-state index in [0.717, 1.165) is 25.7 Å². The molecular weight excluding hydrogens is 288 g/mol. The van der Waals surface area contributed by atoms with Gasteiger partial charge in [-0.2, -0.15) is 11.8 Å². The van der Waals surface area contributed by atoms with E-state index in [9.17, 15) is 14.7 Å². The highest BCUT2D eigenvalue weighted by atomic mass is 32.2. The summed E-state index contributed by atoms with van der Waals surface area (Å²) in [6.07, 6.45) is 9.06. The summed E-state index contributed by atoms with van der Waals surface area (Å²) in [5.41, 5.74) is -1.06. The van der Waals surface area contributed by atoms with E-state index in [1.807, 2.05) is 11.8 Å². The average molecular weight is 314 g/mol. The lowest BCUT2D eigenvalue weighted by atomic mass is 9.89. The van der Waals surface area contributed by atoms with Gasteiger partial charge in [0.05, 0.1) is 0 Å². The van der Waals surface area contributed by atoms with Crippen molar-refractivity contribution >= 4 is 23.8 Å². The predicted molar refractivity (Wildman–Crippen MR) is 84.7 cm³/mol. The SMILES string of the molecule is CSC1(CNC(=O)N2CCCCC2(C)C(=O)O)CCCC1. The van der Waals surface area contributed by atoms with E-state index >= 15 is 0 Å². The molecular formula is C15H26N2O3S. The maximum absolute atomic E-state index is 12.5. The highest BCUT2D eigenvalue weighted by Crippen LogP contribution is 2.39. The number of thioether (sulfide) groups is 1. The van der Waals surface area contributed by atoms with Gasteiger partial charge in [0.15, 0.2) is 0 Å². The first-order chi connectivity index (χ1) is 9.93. The average Bonchev–Trinajstić information content (AvgIpc) is 2.94. The molecule has 1 aliphatic heterocycles. The van der Waals surface area contributed by atoms with Crippen LogP contribution in [0.4, 0.5) is 4.79 Å². The summed E-state index contributed by atoms with van der Waals surface area (Å²) < 4.78 is 0.144. The number of nitrogens with zero attached hydrogens (tertiary/aromatic N) is 1. The number of urea groups is 1. The van der Waals surface area contributed by atoms with Crippen LogP contribution in [-0.2, 0) is 4.79 Å². The smallest absolute Gasteiger partial charge is 0.329 e. The Bertz CT molecular complexity index is 410. The van der Waals surface area contributed by atoms with Crippen LogP contribution < -0.4 is 5.32 Å². The van der Waals surface area contributed by atoms with Gasteiger partial charge in [-0.05, 0) is 45.3 Å². The number of hydrogen-bond acceptors (Lipinski definition) is 3. The third kappa shape index (κ3) is 3.30. The number of nitrogens with one attached hydrogen (secondary N) is 1. The molecule has 1 atom stereocenters. The Morgan fingerprint density at radius 2 is 1.81 bits per heavy atom. The number of likely N-dealkylation sites (tertiary alicyclic amines) is 1. The minimum absolute atomic E-state index is 0.144. The number of carbonyl (C=O) groups is 2. The summed E-state index contributed by atoms with van der Waals surface area (Å²) in [7, 11) is 0. The molecule has 2 amide bonds. The van der Waals surface area contributed by atoms with Gasteiger partial charge in [-0.1, -0.05) is 12.8 Å². The van der Waals surface area contributed by atoms with E-state index in [4.69, 9.17) is 0 Å². The first kappa shape index (κ1) is 16.5. The fraction of sp³-hybridized carbons (Fsp3) is 0.867. The van der Waals surface area contributed by atoms with Crippen molar-refractivity contribution in [2.45, 2.75) is 62.2 Å². The number of hydrogen-bond donors (Lipinski definition) is 2. The number of aliphatic carboxylic acids is 1. The normalized spacial score (nSPS) is 28.4. The fourth-order valence-electron chi connectivity index (χ4n) is 3.47. The Balaban J connectivity index is 1.99. The Morgan fingerprint density at radius 1 is 1.19 bits per heavy atom. The van der Waals surface area contributed by atoms with Crippen LogP contribution in [0.15, 0.2) is 0 Å². The highest BCUT2D eigenvalue weighted by Gasteiger charge is 2.44. The van der Waals surface area contributed by atoms with Crippen LogP contribution in [0, 0.1) is 0 Å². The first-order valence-electron chi connectivity index (χ1n) is 7.78. The molecule has 0 aromatic carbocycles. The molecule has 1 saturated carbocycles. The Kier molecular flexibility index (Phi) is 5.07. The molecule has 0 aromatic rings. The molecule has 1 heterocycles. The molecule has 2 aliphatic rings. The predicted octanol–water partition coefficient (Wildman–Crippen LogP) is 2.70. The van der Waals surface area contributed by atoms with Crippen molar-refractivity contribution in [1.82, 2.24) is 10.2 Å². The largest absolute Gasteiger partial charge is 0.480 e. The van der Waals surface area contributed by atoms with Crippen molar-refractivity contribution in [3.63, 3.8) is 0 Å². The van der Waals surface area contributed by atoms with Crippen LogP contribution in [-0.4, -0.2) is 51.6 Å². The lowest BCUT2D eigenvalue weighted by Crippen LogP contribution is -2.60. The molecule has 5 nitrogen and oxygen atoms in total. The van der Waals surface area contributed by atoms with Crippen LogP contribution in [0.1, 0.15) is 51.9 Å². The van der Waals surface area contributed by atoms with Gasteiger partial charge in [0, 0.05) is 17.8 Å². The number of carbonyl (C=O) groups excluding carboxylic acids is 1. The summed E-state index contributed by atoms with van der Waals surface area (Å²) in [5.74, 6) is -0.905. The van der Waals surface area contributed by atoms with Gasteiger partial charge in [0.1, 0.15) is 5.54 Å². The Labute approximate surface area is 130 Å². The third-order valence-electron chi connectivity index (χ3n) is 5.11. The molecule has 2 rings (SSSR count). The van der Waals surface area contributed by atoms with E-state index in [0.29, 0.717) is 19.5 Å². The van der Waals surface area contributed by atoms with Crippen molar-refractivity contribution in [3.05, 3.63) is 0 Å². The molecule has 0 bridgehead atoms. The van der Waals surface area contributed by atoms with Gasteiger partial charge in [-0.25, -0.2) is 9.59 Å². The molecule has 1 unspecified atom stereocenters. The zero-order valence-corrected chi connectivity index (χ0v) is 13.8. The minimum atomic E-state index is -1.06. The molecule has 6 heteroatoms. The van der Waals surface area contributed by atoms with Crippen molar-refractivity contribution in [1.29, 1.82) is 0 Å². The highest BCUT2D eigenvalue weighted by molar-refractivity contribution is 8.00. The molecule has 0 aromatic heterocycles. The lowest BCUT2D eigenvalue weighted by molar-refractivity contribution is -0.150. The van der Waals surface area contributed by atoms with Crippen LogP contribution in [0.5, 0.6) is 0 Å². The maximum atomic E-state index is 12.5. The molecule has 120 valence electrons. The van der Waals surface area contributed by atoms with E-state index in [2.05, 4.69) is 11.6 Å². The van der Waals surface area contributed by atoms with Crippen LogP contribution in [0.3, 0.4) is 0 Å². The fourth-order valence-corrected chi connectivity index (χ4v) is 4.39. The number of carboxylic acid groups (broad SMARTS) is 1. The second-order valence-electron chi connectivity index (χ2n) is 6.44. The number of rotatable bonds is 4. The molecule has 1 aliphatic carbocycles. The number of amides is 2. The van der Waals surface area contributed by atoms with Crippen molar-refractivity contribution in [2.24, 2.45) is 0 Å². The zero-order chi connectivity index (χ0) is 15.5. The van der Waals surface area contributed by atoms with Crippen LogP contribution in [0.2, 0.25) is 0 Å². The summed E-state index contributed by atoms with van der Waals surface area (Å²) in [4.78, 5) is 25.5. The Morgan fingerprint density at radius 3 is 2.38 bits per heavy atom.